The Labute approximate surface area is 122 Å². The van der Waals surface area contributed by atoms with Crippen LogP contribution in [0.3, 0.4) is 0 Å². The van der Waals surface area contributed by atoms with Gasteiger partial charge in [-0.25, -0.2) is 9.97 Å². The molecule has 2 bridgehead atoms. The van der Waals surface area contributed by atoms with Gasteiger partial charge in [-0.1, -0.05) is 13.3 Å². The Morgan fingerprint density at radius 2 is 2.21 bits per heavy atom. The molecule has 104 valence electrons. The molecule has 0 radical (unpaired) electrons. The highest BCUT2D eigenvalue weighted by atomic mass is 79.9. The van der Waals surface area contributed by atoms with Crippen molar-refractivity contribution >= 4 is 21.7 Å². The lowest BCUT2D eigenvalue weighted by atomic mass is 9.88. The van der Waals surface area contributed by atoms with Gasteiger partial charge in [0.2, 0.25) is 0 Å². The van der Waals surface area contributed by atoms with Crippen LogP contribution < -0.4 is 5.32 Å². The normalized spacial score (nSPS) is 28.9. The predicted octanol–water partition coefficient (Wildman–Crippen LogP) is 3.27. The summed E-state index contributed by atoms with van der Waals surface area (Å²) in [7, 11) is 1.91. The van der Waals surface area contributed by atoms with E-state index in [1.165, 1.54) is 6.42 Å². The third kappa shape index (κ3) is 2.38. The highest BCUT2D eigenvalue weighted by Gasteiger charge is 2.43. The van der Waals surface area contributed by atoms with E-state index in [1.807, 2.05) is 7.05 Å². The number of hydrogen-bond donors (Lipinski definition) is 1. The van der Waals surface area contributed by atoms with E-state index in [1.54, 1.807) is 0 Å². The zero-order valence-electron chi connectivity index (χ0n) is 11.4. The molecule has 4 nitrogen and oxygen atoms in total. The molecule has 2 aliphatic heterocycles. The van der Waals surface area contributed by atoms with Gasteiger partial charge in [0.15, 0.2) is 0 Å². The fourth-order valence-electron chi connectivity index (χ4n) is 3.16. The van der Waals surface area contributed by atoms with Crippen LogP contribution in [-0.4, -0.2) is 29.2 Å². The molecule has 0 amide bonds. The highest BCUT2D eigenvalue weighted by molar-refractivity contribution is 9.10. The van der Waals surface area contributed by atoms with Gasteiger partial charge in [-0.3, -0.25) is 0 Å². The largest absolute Gasteiger partial charge is 0.374 e. The first-order chi connectivity index (χ1) is 9.22. The van der Waals surface area contributed by atoms with E-state index in [4.69, 9.17) is 9.72 Å². The van der Waals surface area contributed by atoms with E-state index in [0.717, 1.165) is 47.5 Å². The van der Waals surface area contributed by atoms with E-state index in [2.05, 4.69) is 33.2 Å². The van der Waals surface area contributed by atoms with Crippen molar-refractivity contribution in [3.8, 4) is 0 Å². The summed E-state index contributed by atoms with van der Waals surface area (Å²) in [6.07, 6.45) is 6.30. The molecule has 1 aromatic rings. The fourth-order valence-corrected chi connectivity index (χ4v) is 3.73. The molecule has 3 atom stereocenters. The lowest BCUT2D eigenvalue weighted by Crippen LogP contribution is -2.19. The number of halogens is 1. The van der Waals surface area contributed by atoms with Gasteiger partial charge in [0.05, 0.1) is 22.4 Å². The van der Waals surface area contributed by atoms with E-state index in [0.29, 0.717) is 18.1 Å². The van der Waals surface area contributed by atoms with Crippen LogP contribution in [0.5, 0.6) is 0 Å². The third-order valence-electron chi connectivity index (χ3n) is 4.10. The lowest BCUT2D eigenvalue weighted by Gasteiger charge is -2.19. The summed E-state index contributed by atoms with van der Waals surface area (Å²) in [4.78, 5) is 9.48. The fraction of sp³-hybridized carbons (Fsp3) is 0.714. The number of anilines is 1. The summed E-state index contributed by atoms with van der Waals surface area (Å²) in [6, 6.07) is 0. The van der Waals surface area contributed by atoms with Gasteiger partial charge in [0.25, 0.3) is 0 Å². The average molecular weight is 326 g/mol. The standard InChI is InChI=1S/C14H20BrN3O/c1-3-4-10-12(15)14(16-2)18-13(17-10)9-7-8-5-6-11(9)19-8/h8-9,11H,3-7H2,1-2H3,(H,16,17,18). The van der Waals surface area contributed by atoms with E-state index < -0.39 is 0 Å². The van der Waals surface area contributed by atoms with Crippen molar-refractivity contribution in [1.82, 2.24) is 9.97 Å². The molecule has 0 saturated carbocycles. The first-order valence-electron chi connectivity index (χ1n) is 7.12. The second-order valence-electron chi connectivity index (χ2n) is 5.41. The molecule has 0 spiro atoms. The topological polar surface area (TPSA) is 47.0 Å². The van der Waals surface area contributed by atoms with Crippen LogP contribution in [0, 0.1) is 0 Å². The molecule has 1 N–H and O–H groups in total. The minimum Gasteiger partial charge on any atom is -0.374 e. The zero-order chi connectivity index (χ0) is 13.4. The zero-order valence-corrected chi connectivity index (χ0v) is 13.0. The Bertz CT molecular complexity index is 480. The molecule has 3 unspecified atom stereocenters. The van der Waals surface area contributed by atoms with Crippen molar-refractivity contribution < 1.29 is 4.74 Å². The smallest absolute Gasteiger partial charge is 0.144 e. The first kappa shape index (κ1) is 13.3. The minimum atomic E-state index is 0.338. The SMILES string of the molecule is CCCc1nc(C2CC3CCC2O3)nc(NC)c1Br. The monoisotopic (exact) mass is 325 g/mol. The van der Waals surface area contributed by atoms with Gasteiger partial charge in [0, 0.05) is 13.0 Å². The molecule has 0 aromatic carbocycles. The Kier molecular flexibility index (Phi) is 3.76. The number of aryl methyl sites for hydroxylation is 1. The van der Waals surface area contributed by atoms with Crippen LogP contribution in [0.25, 0.3) is 0 Å². The van der Waals surface area contributed by atoms with Gasteiger partial charge < -0.3 is 10.1 Å². The van der Waals surface area contributed by atoms with Crippen molar-refractivity contribution in [2.75, 3.05) is 12.4 Å². The Morgan fingerprint density at radius 3 is 2.79 bits per heavy atom. The molecule has 5 heteroatoms. The van der Waals surface area contributed by atoms with Crippen LogP contribution in [-0.2, 0) is 11.2 Å². The summed E-state index contributed by atoms with van der Waals surface area (Å²) >= 11 is 3.61. The van der Waals surface area contributed by atoms with Crippen LogP contribution in [0.1, 0.15) is 50.0 Å². The van der Waals surface area contributed by atoms with Crippen molar-refractivity contribution in [3.05, 3.63) is 16.0 Å². The maximum absolute atomic E-state index is 5.93. The van der Waals surface area contributed by atoms with Crippen LogP contribution in [0.4, 0.5) is 5.82 Å². The second kappa shape index (κ2) is 5.37. The summed E-state index contributed by atoms with van der Waals surface area (Å²) in [5.74, 6) is 2.24. The number of ether oxygens (including phenoxy) is 1. The van der Waals surface area contributed by atoms with Gasteiger partial charge in [-0.05, 0) is 41.6 Å². The predicted molar refractivity (Wildman–Crippen MR) is 78.5 cm³/mol. The number of aromatic nitrogens is 2. The van der Waals surface area contributed by atoms with Gasteiger partial charge in [0.1, 0.15) is 11.6 Å². The number of nitrogens with one attached hydrogen (secondary N) is 1. The quantitative estimate of drug-likeness (QED) is 0.922. The summed E-state index contributed by atoms with van der Waals surface area (Å²) in [5, 5.41) is 3.16. The molecule has 0 aliphatic carbocycles. The Hall–Kier alpha value is -0.680. The number of hydrogen-bond acceptors (Lipinski definition) is 4. The molecule has 19 heavy (non-hydrogen) atoms. The Balaban J connectivity index is 1.94. The molecular formula is C14H20BrN3O. The van der Waals surface area contributed by atoms with Crippen molar-refractivity contribution in [3.63, 3.8) is 0 Å². The van der Waals surface area contributed by atoms with E-state index >= 15 is 0 Å². The van der Waals surface area contributed by atoms with Crippen molar-refractivity contribution in [2.45, 2.75) is 57.2 Å². The van der Waals surface area contributed by atoms with Crippen LogP contribution in [0.2, 0.25) is 0 Å². The number of nitrogens with zero attached hydrogens (tertiary/aromatic N) is 2. The molecule has 1 aromatic heterocycles. The third-order valence-corrected chi connectivity index (χ3v) is 4.93. The Morgan fingerprint density at radius 1 is 1.37 bits per heavy atom. The molecular weight excluding hydrogens is 306 g/mol. The van der Waals surface area contributed by atoms with E-state index in [-0.39, 0.29) is 0 Å². The molecule has 2 saturated heterocycles. The lowest BCUT2D eigenvalue weighted by molar-refractivity contribution is 0.0998. The minimum absolute atomic E-state index is 0.338. The molecule has 3 rings (SSSR count). The number of rotatable bonds is 4. The second-order valence-corrected chi connectivity index (χ2v) is 6.20. The molecule has 2 aliphatic rings. The van der Waals surface area contributed by atoms with Crippen LogP contribution >= 0.6 is 15.9 Å². The first-order valence-corrected chi connectivity index (χ1v) is 7.91. The van der Waals surface area contributed by atoms with Gasteiger partial charge >= 0.3 is 0 Å². The highest BCUT2D eigenvalue weighted by Crippen LogP contribution is 2.44. The number of fused-ring (bicyclic) bond motifs is 2. The summed E-state index contributed by atoms with van der Waals surface area (Å²) < 4.78 is 6.94. The summed E-state index contributed by atoms with van der Waals surface area (Å²) in [6.45, 7) is 2.17. The van der Waals surface area contributed by atoms with Crippen LogP contribution in [0.15, 0.2) is 4.47 Å². The average Bonchev–Trinajstić information content (AvgIpc) is 3.03. The molecule has 2 fully saturated rings. The van der Waals surface area contributed by atoms with Gasteiger partial charge in [-0.2, -0.15) is 0 Å². The maximum atomic E-state index is 5.93. The molecule has 3 heterocycles. The van der Waals surface area contributed by atoms with Gasteiger partial charge in [-0.15, -0.1) is 0 Å². The van der Waals surface area contributed by atoms with E-state index in [9.17, 15) is 0 Å². The maximum Gasteiger partial charge on any atom is 0.144 e. The summed E-state index contributed by atoms with van der Waals surface area (Å²) in [5.41, 5.74) is 1.11. The van der Waals surface area contributed by atoms with Crippen molar-refractivity contribution in [2.24, 2.45) is 0 Å². The van der Waals surface area contributed by atoms with Crippen molar-refractivity contribution in [1.29, 1.82) is 0 Å².